The van der Waals surface area contributed by atoms with Crippen molar-refractivity contribution in [1.29, 1.82) is 0 Å². The molecule has 0 fully saturated rings. The number of thiocarbonyl (C=S) groups is 1. The molecule has 1 rings (SSSR count). The van der Waals surface area contributed by atoms with Crippen LogP contribution < -0.4 is 5.73 Å². The smallest absolute Gasteiger partial charge is 0.0948 e. The second-order valence-corrected chi connectivity index (χ2v) is 4.49. The van der Waals surface area contributed by atoms with Crippen molar-refractivity contribution in [2.75, 3.05) is 13.1 Å². The Bertz CT molecular complexity index is 347. The first-order valence-electron chi connectivity index (χ1n) is 5.39. The first-order chi connectivity index (χ1) is 7.60. The summed E-state index contributed by atoms with van der Waals surface area (Å²) < 4.78 is 0. The molecular formula is C12H17ClN2S. The Morgan fingerprint density at radius 3 is 2.19 bits per heavy atom. The molecule has 1 aromatic rings. The van der Waals surface area contributed by atoms with Crippen molar-refractivity contribution in [3.8, 4) is 0 Å². The molecule has 0 radical (unpaired) electrons. The zero-order chi connectivity index (χ0) is 12.1. The van der Waals surface area contributed by atoms with Crippen LogP contribution in [0.3, 0.4) is 0 Å². The summed E-state index contributed by atoms with van der Waals surface area (Å²) in [5.74, 6) is 0. The van der Waals surface area contributed by atoms with Crippen LogP contribution >= 0.6 is 23.8 Å². The summed E-state index contributed by atoms with van der Waals surface area (Å²) in [5, 5.41) is 0.727. The molecule has 0 saturated heterocycles. The summed E-state index contributed by atoms with van der Waals surface area (Å²) in [6, 6.07) is 7.69. The minimum atomic E-state index is 0.00210. The topological polar surface area (TPSA) is 29.3 Å². The van der Waals surface area contributed by atoms with Gasteiger partial charge in [0, 0.05) is 5.02 Å². The summed E-state index contributed by atoms with van der Waals surface area (Å²) in [6.45, 7) is 6.04. The van der Waals surface area contributed by atoms with Gasteiger partial charge >= 0.3 is 0 Å². The molecule has 0 aliphatic rings. The molecule has 16 heavy (non-hydrogen) atoms. The van der Waals surface area contributed by atoms with E-state index in [0.29, 0.717) is 4.99 Å². The largest absolute Gasteiger partial charge is 0.392 e. The van der Waals surface area contributed by atoms with Gasteiger partial charge in [-0.05, 0) is 30.8 Å². The van der Waals surface area contributed by atoms with Gasteiger partial charge in [0.2, 0.25) is 0 Å². The van der Waals surface area contributed by atoms with Crippen molar-refractivity contribution >= 4 is 28.8 Å². The molecule has 1 unspecified atom stereocenters. The predicted octanol–water partition coefficient (Wildman–Crippen LogP) is 3.01. The van der Waals surface area contributed by atoms with E-state index in [1.807, 2.05) is 24.3 Å². The number of halogens is 1. The molecule has 0 bridgehead atoms. The molecule has 0 saturated carbocycles. The highest BCUT2D eigenvalue weighted by Gasteiger charge is 2.20. The van der Waals surface area contributed by atoms with Gasteiger partial charge in [-0.1, -0.05) is 49.8 Å². The van der Waals surface area contributed by atoms with Crippen LogP contribution in [0, 0.1) is 0 Å². The van der Waals surface area contributed by atoms with Crippen molar-refractivity contribution < 1.29 is 0 Å². The van der Waals surface area contributed by atoms with Crippen LogP contribution in [0.2, 0.25) is 5.02 Å². The average Bonchev–Trinajstić information content (AvgIpc) is 2.27. The third kappa shape index (κ3) is 3.17. The Morgan fingerprint density at radius 1 is 1.31 bits per heavy atom. The second kappa shape index (κ2) is 6.18. The molecular weight excluding hydrogens is 240 g/mol. The van der Waals surface area contributed by atoms with Crippen molar-refractivity contribution in [2.45, 2.75) is 19.9 Å². The lowest BCUT2D eigenvalue weighted by molar-refractivity contribution is 0.272. The summed E-state index contributed by atoms with van der Waals surface area (Å²) in [7, 11) is 0. The maximum atomic E-state index is 5.87. The number of likely N-dealkylation sites (N-methyl/N-ethyl adjacent to an activating group) is 1. The van der Waals surface area contributed by atoms with E-state index >= 15 is 0 Å². The van der Waals surface area contributed by atoms with Gasteiger partial charge < -0.3 is 5.73 Å². The number of nitrogens with zero attached hydrogens (tertiary/aromatic N) is 1. The van der Waals surface area contributed by atoms with Crippen LogP contribution in [0.4, 0.5) is 0 Å². The Labute approximate surface area is 107 Å². The van der Waals surface area contributed by atoms with Gasteiger partial charge in [0.15, 0.2) is 0 Å². The molecule has 2 N–H and O–H groups in total. The van der Waals surface area contributed by atoms with Crippen LogP contribution in [0.5, 0.6) is 0 Å². The van der Waals surface area contributed by atoms with E-state index in [9.17, 15) is 0 Å². The van der Waals surface area contributed by atoms with Crippen molar-refractivity contribution in [2.24, 2.45) is 5.73 Å². The molecule has 0 aliphatic carbocycles. The van der Waals surface area contributed by atoms with E-state index in [2.05, 4.69) is 18.7 Å². The monoisotopic (exact) mass is 256 g/mol. The quantitative estimate of drug-likeness (QED) is 0.822. The van der Waals surface area contributed by atoms with E-state index in [1.165, 1.54) is 0 Å². The molecule has 4 heteroatoms. The average molecular weight is 257 g/mol. The molecule has 0 aromatic heterocycles. The third-order valence-electron chi connectivity index (χ3n) is 2.63. The van der Waals surface area contributed by atoms with Crippen molar-refractivity contribution in [3.63, 3.8) is 0 Å². The molecule has 1 aromatic carbocycles. The van der Waals surface area contributed by atoms with Crippen LogP contribution in [0.1, 0.15) is 25.5 Å². The number of rotatable bonds is 5. The Morgan fingerprint density at radius 2 is 1.81 bits per heavy atom. The van der Waals surface area contributed by atoms with E-state index in [4.69, 9.17) is 29.6 Å². The van der Waals surface area contributed by atoms with Gasteiger partial charge in [0.25, 0.3) is 0 Å². The minimum absolute atomic E-state index is 0.00210. The fourth-order valence-corrected chi connectivity index (χ4v) is 2.20. The molecule has 2 nitrogen and oxygen atoms in total. The number of hydrogen-bond donors (Lipinski definition) is 1. The maximum Gasteiger partial charge on any atom is 0.0948 e. The highest BCUT2D eigenvalue weighted by Crippen LogP contribution is 2.22. The van der Waals surface area contributed by atoms with Gasteiger partial charge in [-0.15, -0.1) is 0 Å². The van der Waals surface area contributed by atoms with Gasteiger partial charge in [-0.2, -0.15) is 0 Å². The molecule has 0 aliphatic heterocycles. The highest BCUT2D eigenvalue weighted by atomic mass is 35.5. The summed E-state index contributed by atoms with van der Waals surface area (Å²) in [4.78, 5) is 2.73. The maximum absolute atomic E-state index is 5.87. The van der Waals surface area contributed by atoms with Crippen molar-refractivity contribution in [3.05, 3.63) is 34.9 Å². The Hall–Kier alpha value is -0.640. The summed E-state index contributed by atoms with van der Waals surface area (Å²) >= 11 is 11.0. The number of benzene rings is 1. The second-order valence-electron chi connectivity index (χ2n) is 3.58. The van der Waals surface area contributed by atoms with Crippen molar-refractivity contribution in [1.82, 2.24) is 4.90 Å². The fourth-order valence-electron chi connectivity index (χ4n) is 1.79. The molecule has 0 heterocycles. The third-order valence-corrected chi connectivity index (χ3v) is 3.11. The van der Waals surface area contributed by atoms with Crippen LogP contribution in [0.15, 0.2) is 24.3 Å². The standard InChI is InChI=1S/C12H17ClN2S/c1-3-15(4-2)11(12(14)16)9-5-7-10(13)8-6-9/h5-8,11H,3-4H2,1-2H3,(H2,14,16). The Balaban J connectivity index is 3.02. The fraction of sp³-hybridized carbons (Fsp3) is 0.417. The lowest BCUT2D eigenvalue weighted by atomic mass is 10.1. The predicted molar refractivity (Wildman–Crippen MR) is 73.9 cm³/mol. The molecule has 0 amide bonds. The Kier molecular flexibility index (Phi) is 5.19. The van der Waals surface area contributed by atoms with Crippen LogP contribution in [-0.4, -0.2) is 23.0 Å². The van der Waals surface area contributed by atoms with Gasteiger partial charge in [-0.25, -0.2) is 0 Å². The van der Waals surface area contributed by atoms with Gasteiger partial charge in [0.1, 0.15) is 0 Å². The first kappa shape index (κ1) is 13.4. The molecule has 88 valence electrons. The molecule has 1 atom stereocenters. The zero-order valence-corrected chi connectivity index (χ0v) is 11.2. The van der Waals surface area contributed by atoms with E-state index in [-0.39, 0.29) is 6.04 Å². The first-order valence-corrected chi connectivity index (χ1v) is 6.17. The highest BCUT2D eigenvalue weighted by molar-refractivity contribution is 7.80. The lowest BCUT2D eigenvalue weighted by Gasteiger charge is -2.29. The minimum Gasteiger partial charge on any atom is -0.392 e. The van der Waals surface area contributed by atoms with E-state index in [1.54, 1.807) is 0 Å². The molecule has 0 spiro atoms. The number of nitrogens with two attached hydrogens (primary N) is 1. The van der Waals surface area contributed by atoms with Gasteiger partial charge in [0.05, 0.1) is 11.0 Å². The lowest BCUT2D eigenvalue weighted by Crippen LogP contribution is -2.36. The van der Waals surface area contributed by atoms with E-state index < -0.39 is 0 Å². The van der Waals surface area contributed by atoms with Gasteiger partial charge in [-0.3, -0.25) is 4.90 Å². The normalized spacial score (nSPS) is 12.8. The zero-order valence-electron chi connectivity index (χ0n) is 9.61. The SMILES string of the molecule is CCN(CC)C(C(N)=S)c1ccc(Cl)cc1. The van der Waals surface area contributed by atoms with Crippen LogP contribution in [0.25, 0.3) is 0 Å². The van der Waals surface area contributed by atoms with Crippen LogP contribution in [-0.2, 0) is 0 Å². The summed E-state index contributed by atoms with van der Waals surface area (Å²) in [6.07, 6.45) is 0. The van der Waals surface area contributed by atoms with E-state index in [0.717, 1.165) is 23.7 Å². The summed E-state index contributed by atoms with van der Waals surface area (Å²) in [5.41, 5.74) is 6.91. The number of hydrogen-bond acceptors (Lipinski definition) is 2.